The van der Waals surface area contributed by atoms with Gasteiger partial charge in [0, 0.05) is 49.4 Å². The SMILES string of the molecule is CO.COc1cccc(/C=N/N(C)P(=S)(N(C)/N=C/c2cccc(OC)c2[O-])N(C)/N=C/c2cccc(OC)c2[O-])c1[O-].COc1cccc(/C=N/N(C)P(=S)(N(C)/N=C/c2cccc(OC)c2[O-])N(C)/N=C/c2cccc(OC)c2[O-])c1[O-].ClC(Cl)Cl.ClC(Cl)Cl.[Cl-].[Eu+3].[Zn+2].[Zn+2]. The number of hydrogen-bond acceptors (Lipinski definition) is 21. The van der Waals surface area contributed by atoms with E-state index in [0.717, 1.165) is 7.11 Å². The van der Waals surface area contributed by atoms with Crippen molar-refractivity contribution in [2.45, 2.75) is 8.59 Å². The van der Waals surface area contributed by atoms with Gasteiger partial charge in [0.1, 0.15) is 34.5 Å². The molecule has 6 aromatic rings. The Morgan fingerprint density at radius 2 is 0.458 bits per heavy atom. The van der Waals surface area contributed by atoms with Gasteiger partial charge in [-0.25, -0.2) is 28.7 Å². The van der Waals surface area contributed by atoms with E-state index in [4.69, 9.17) is 127 Å². The Morgan fingerprint density at radius 1 is 0.344 bits per heavy atom. The third-order valence-electron chi connectivity index (χ3n) is 11.8. The summed E-state index contributed by atoms with van der Waals surface area (Å²) in [5, 5.41) is 109. The van der Waals surface area contributed by atoms with Crippen molar-refractivity contribution in [3.63, 3.8) is 0 Å². The first kappa shape index (κ1) is 96.0. The molecule has 6 rings (SSSR count). The van der Waals surface area contributed by atoms with Crippen molar-refractivity contribution in [1.82, 2.24) is 28.7 Å². The molecule has 514 valence electrons. The molecular formula is C57H66Cl7EuN12O13P2S2Zn2. The van der Waals surface area contributed by atoms with Crippen molar-refractivity contribution >= 4 is 143 Å². The minimum atomic E-state index is -3.17. The number of alkyl halides is 6. The molecule has 0 aliphatic heterocycles. The van der Waals surface area contributed by atoms with Crippen LogP contribution in [0.1, 0.15) is 33.4 Å². The monoisotopic (exact) mass is 1780 g/mol. The van der Waals surface area contributed by atoms with E-state index in [2.05, 4.69) is 30.6 Å². The maximum absolute atomic E-state index is 12.6. The Hall–Kier alpha value is -4.14. The van der Waals surface area contributed by atoms with Crippen LogP contribution in [-0.2, 0) is 62.6 Å². The first-order valence-electron chi connectivity index (χ1n) is 25.8. The van der Waals surface area contributed by atoms with Gasteiger partial charge >= 0.3 is 88.3 Å². The van der Waals surface area contributed by atoms with Crippen LogP contribution in [0, 0.1) is 49.4 Å². The molecule has 0 fully saturated rings. The van der Waals surface area contributed by atoms with Crippen LogP contribution in [-0.4, -0.2) is 172 Å². The average Bonchev–Trinajstić information content (AvgIpc) is 0.879. The quantitative estimate of drug-likeness (QED) is 0.0264. The van der Waals surface area contributed by atoms with Crippen molar-refractivity contribution in [3.05, 3.63) is 143 Å². The van der Waals surface area contributed by atoms with Crippen LogP contribution in [0.5, 0.6) is 69.0 Å². The zero-order chi connectivity index (χ0) is 69.5. The molecule has 0 saturated heterocycles. The number of nitrogens with zero attached hydrogens (tertiary/aromatic N) is 12. The molecule has 6 aromatic carbocycles. The Kier molecular flexibility index (Phi) is 49.4. The summed E-state index contributed by atoms with van der Waals surface area (Å²) < 4.78 is 37.9. The van der Waals surface area contributed by atoms with E-state index >= 15 is 0 Å². The second-order valence-electron chi connectivity index (χ2n) is 17.2. The van der Waals surface area contributed by atoms with E-state index in [9.17, 15) is 30.6 Å². The van der Waals surface area contributed by atoms with Gasteiger partial charge in [0.25, 0.3) is 13.0 Å². The molecule has 0 amide bonds. The first-order chi connectivity index (χ1) is 43.6. The molecule has 0 atom stereocenters. The van der Waals surface area contributed by atoms with Crippen LogP contribution in [0.4, 0.5) is 0 Å². The first-order valence-corrected chi connectivity index (χ1v) is 33.8. The summed E-state index contributed by atoms with van der Waals surface area (Å²) in [6, 6.07) is 29.0. The number of aliphatic hydroxyl groups is 1. The fourth-order valence-corrected chi connectivity index (χ4v) is 11.3. The predicted octanol–water partition coefficient (Wildman–Crippen LogP) is 5.29. The number of rotatable bonds is 24. The van der Waals surface area contributed by atoms with E-state index in [0.29, 0.717) is 0 Å². The number of halogens is 7. The normalized spacial score (nSPS) is 10.9. The van der Waals surface area contributed by atoms with E-state index in [-0.39, 0.29) is 203 Å². The molecule has 96 heavy (non-hydrogen) atoms. The van der Waals surface area contributed by atoms with Crippen LogP contribution in [0.25, 0.3) is 0 Å². The fraction of sp³-hybridized carbons (Fsp3) is 0.263. The van der Waals surface area contributed by atoms with Crippen LogP contribution in [0.2, 0.25) is 0 Å². The topological polar surface area (TPSA) is 308 Å². The van der Waals surface area contributed by atoms with Crippen LogP contribution >= 0.6 is 82.6 Å². The average molecular weight is 1780 g/mol. The molecule has 0 bridgehead atoms. The van der Waals surface area contributed by atoms with Gasteiger partial charge in [-0.05, 0) is 93.4 Å². The minimum Gasteiger partial charge on any atom is -1.00 e. The van der Waals surface area contributed by atoms with Gasteiger partial charge in [-0.3, -0.25) is 0 Å². The largest absolute Gasteiger partial charge is 3.00 e. The molecule has 0 aromatic heterocycles. The number of hydrogen-bond donors (Lipinski definition) is 1. The van der Waals surface area contributed by atoms with Gasteiger partial charge < -0.3 is 76.6 Å². The standard InChI is InChI=1S/2C27H33N6O6PS.2CHCl3.CH4O.ClH.Eu.2Zn/c2*1-31(28-16-19-10-7-13-22(37-4)25(19)34)40(41,32(2)29-17-20-11-8-14-23(38-5)26(20)35)33(3)30-18-21-12-9-15-24(39-6)27(21)36;2*2-1(3)4;1-2;;;;/h2*7-18,34-36H,1-6H3;2*1H;2H,1H3;1H;;;/q;;;;;;+3;2*+2/p-7/b2*28-16+,29-17+,30-18+;;;;;;;. The van der Waals surface area contributed by atoms with Gasteiger partial charge in [0.2, 0.25) is 0 Å². The van der Waals surface area contributed by atoms with Crippen LogP contribution in [0.3, 0.4) is 0 Å². The molecule has 0 spiro atoms. The summed E-state index contributed by atoms with van der Waals surface area (Å²) in [6.45, 7) is -6.33. The maximum Gasteiger partial charge on any atom is 3.00 e. The fourth-order valence-electron chi connectivity index (χ4n) is 7.17. The van der Waals surface area contributed by atoms with E-state index in [1.807, 2.05) is 0 Å². The summed E-state index contributed by atoms with van der Waals surface area (Å²) in [5.41, 5.74) is 1.72. The number of methoxy groups -OCH3 is 6. The summed E-state index contributed by atoms with van der Waals surface area (Å²) >= 11 is 41.0. The van der Waals surface area contributed by atoms with Crippen LogP contribution < -0.4 is 71.5 Å². The number of hydrazone groups is 6. The Labute approximate surface area is 672 Å². The number of ether oxygens (including phenoxy) is 6. The van der Waals surface area contributed by atoms with Gasteiger partial charge in [0.15, 0.2) is 8.59 Å². The van der Waals surface area contributed by atoms with Crippen LogP contribution in [0.15, 0.2) is 140 Å². The zero-order valence-electron chi connectivity index (χ0n) is 53.9. The summed E-state index contributed by atoms with van der Waals surface area (Å²) in [7, 11) is 19.2. The van der Waals surface area contributed by atoms with Gasteiger partial charge in [0.05, 0.1) is 79.9 Å². The summed E-state index contributed by atoms with van der Waals surface area (Å²) in [5.74, 6) is -0.927. The van der Waals surface area contributed by atoms with E-state index < -0.39 is 21.6 Å². The minimum absolute atomic E-state index is 0. The van der Waals surface area contributed by atoms with Gasteiger partial charge in [-0.15, -0.1) is 0 Å². The Morgan fingerprint density at radius 3 is 0.562 bits per heavy atom. The third kappa shape index (κ3) is 28.5. The number of benzene rings is 6. The second kappa shape index (κ2) is 49.4. The van der Waals surface area contributed by atoms with Crippen molar-refractivity contribution < 1.29 is 165 Å². The maximum atomic E-state index is 12.6. The smallest absolute Gasteiger partial charge is 1.00 e. The molecule has 0 saturated carbocycles. The molecule has 0 radical (unpaired) electrons. The van der Waals surface area contributed by atoms with Crippen molar-refractivity contribution in [3.8, 4) is 69.0 Å². The molecule has 25 nitrogen and oxygen atoms in total. The van der Waals surface area contributed by atoms with Crippen molar-refractivity contribution in [2.24, 2.45) is 30.6 Å². The number of aliphatic hydroxyl groups excluding tert-OH is 1. The second-order valence-corrected chi connectivity index (χ2v) is 29.6. The van der Waals surface area contributed by atoms with Crippen molar-refractivity contribution in [1.29, 1.82) is 0 Å². The number of para-hydroxylation sites is 6. The molecule has 1 N–H and O–H groups in total. The molecule has 0 heterocycles. The Bertz CT molecular complexity index is 3030. The molecule has 0 aliphatic carbocycles. The van der Waals surface area contributed by atoms with Crippen molar-refractivity contribution in [2.75, 3.05) is 92.1 Å². The summed E-state index contributed by atoms with van der Waals surface area (Å²) in [6.07, 6.45) is 8.23. The summed E-state index contributed by atoms with van der Waals surface area (Å²) in [4.78, 5) is 0. The van der Waals surface area contributed by atoms with Gasteiger partial charge in [-0.2, -0.15) is 30.6 Å². The predicted molar refractivity (Wildman–Crippen MR) is 366 cm³/mol. The van der Waals surface area contributed by atoms with Gasteiger partial charge in [-0.1, -0.05) is 177 Å². The molecular weight excluding hydrogens is 1720 g/mol. The molecule has 0 unspecified atom stereocenters. The molecule has 39 heteroatoms. The molecule has 0 aliphatic rings. The Balaban J connectivity index is -0.00000152. The zero-order valence-corrected chi connectivity index (χ0v) is 70.9. The third-order valence-corrected chi connectivity index (χ3v) is 21.2. The van der Waals surface area contributed by atoms with E-state index in [1.165, 1.54) is 109 Å². The van der Waals surface area contributed by atoms with E-state index in [1.54, 1.807) is 151 Å².